The van der Waals surface area contributed by atoms with Gasteiger partial charge in [-0.3, -0.25) is 4.18 Å². The van der Waals surface area contributed by atoms with Crippen LogP contribution in [-0.2, 0) is 14.3 Å². The van der Waals surface area contributed by atoms with Gasteiger partial charge in [0, 0.05) is 6.61 Å². The fourth-order valence-corrected chi connectivity index (χ4v) is 1.22. The Morgan fingerprint density at radius 3 is 1.47 bits per heavy atom. The van der Waals surface area contributed by atoms with E-state index >= 15 is 0 Å². The maximum Gasteiger partial charge on any atom is 0.264 e. The average Bonchev–Trinajstić information content (AvgIpc) is 1.96. The molecule has 0 aliphatic rings. The molecule has 0 atom stereocenters. The van der Waals surface area contributed by atoms with E-state index in [1.165, 1.54) is 0 Å². The standard InChI is InChI=1S/C7H16O3S.C6H14O.FH/c1-7(2,3)5-6-10-11(4,8)9;1-6(2,3)4-5-7;/h5-6H2,1-4H3;7H,4-5H2,1-3H3;1H/p-1. The van der Waals surface area contributed by atoms with E-state index in [1.807, 2.05) is 20.8 Å². The molecule has 0 aliphatic heterocycles. The first-order chi connectivity index (χ1) is 7.77. The molecular formula is C13H30FO4S-. The lowest BCUT2D eigenvalue weighted by Crippen LogP contribution is -3.00. The first kappa shape index (κ1) is 23.9. The van der Waals surface area contributed by atoms with Crippen molar-refractivity contribution < 1.29 is 22.4 Å². The van der Waals surface area contributed by atoms with Crippen molar-refractivity contribution in [2.75, 3.05) is 19.5 Å². The van der Waals surface area contributed by atoms with Gasteiger partial charge in [0.25, 0.3) is 10.1 Å². The minimum Gasteiger partial charge on any atom is -1.00 e. The maximum atomic E-state index is 10.5. The van der Waals surface area contributed by atoms with Crippen LogP contribution in [0.2, 0.25) is 0 Å². The van der Waals surface area contributed by atoms with Crippen LogP contribution in [0, 0.1) is 10.8 Å². The van der Waals surface area contributed by atoms with Gasteiger partial charge >= 0.3 is 0 Å². The molecule has 0 heterocycles. The number of aliphatic hydroxyl groups is 1. The highest BCUT2D eigenvalue weighted by Gasteiger charge is 2.11. The largest absolute Gasteiger partial charge is 1.00 e. The van der Waals surface area contributed by atoms with Crippen LogP contribution in [0.4, 0.5) is 0 Å². The smallest absolute Gasteiger partial charge is 0.264 e. The molecule has 0 saturated heterocycles. The Kier molecular flexibility index (Phi) is 12.1. The molecule has 0 fully saturated rings. The molecule has 0 rings (SSSR count). The number of hydrogen-bond donors (Lipinski definition) is 1. The Balaban J connectivity index is -0.000000280. The quantitative estimate of drug-likeness (QED) is 0.732. The molecule has 4 nitrogen and oxygen atoms in total. The van der Waals surface area contributed by atoms with Crippen molar-refractivity contribution in [1.82, 2.24) is 0 Å². The molecule has 19 heavy (non-hydrogen) atoms. The van der Waals surface area contributed by atoms with E-state index in [9.17, 15) is 8.42 Å². The third-order valence-corrected chi connectivity index (χ3v) is 2.61. The zero-order valence-corrected chi connectivity index (χ0v) is 14.1. The Hall–Kier alpha value is -0.200. The minimum atomic E-state index is -3.25. The summed E-state index contributed by atoms with van der Waals surface area (Å²) in [6, 6.07) is 0. The Bertz CT molecular complexity index is 300. The minimum absolute atomic E-state index is 0. The topological polar surface area (TPSA) is 63.6 Å². The molecular weight excluding hydrogens is 271 g/mol. The molecule has 0 aromatic carbocycles. The Morgan fingerprint density at radius 2 is 1.32 bits per heavy atom. The first-order valence-electron chi connectivity index (χ1n) is 6.22. The van der Waals surface area contributed by atoms with Crippen LogP contribution in [0.5, 0.6) is 0 Å². The van der Waals surface area contributed by atoms with Crippen LogP contribution >= 0.6 is 0 Å². The second-order valence-electron chi connectivity index (χ2n) is 6.87. The second kappa shape index (κ2) is 9.66. The number of halogens is 1. The lowest BCUT2D eigenvalue weighted by Gasteiger charge is -2.16. The lowest BCUT2D eigenvalue weighted by atomic mass is 9.93. The molecule has 120 valence electrons. The first-order valence-corrected chi connectivity index (χ1v) is 8.04. The summed E-state index contributed by atoms with van der Waals surface area (Å²) >= 11 is 0. The number of hydrogen-bond acceptors (Lipinski definition) is 4. The van der Waals surface area contributed by atoms with Gasteiger partial charge in [0.2, 0.25) is 0 Å². The zero-order valence-electron chi connectivity index (χ0n) is 13.3. The summed E-state index contributed by atoms with van der Waals surface area (Å²) in [7, 11) is -3.25. The molecule has 6 heteroatoms. The summed E-state index contributed by atoms with van der Waals surface area (Å²) in [6.07, 6.45) is 2.71. The SMILES string of the molecule is CC(C)(C)CCO.CC(C)(C)CCOS(C)(=O)=O.[F-]. The van der Waals surface area contributed by atoms with Crippen LogP contribution in [-0.4, -0.2) is 33.0 Å². The summed E-state index contributed by atoms with van der Waals surface area (Å²) in [4.78, 5) is 0. The van der Waals surface area contributed by atoms with Gasteiger partial charge < -0.3 is 9.81 Å². The highest BCUT2D eigenvalue weighted by molar-refractivity contribution is 7.85. The molecule has 0 aromatic rings. The second-order valence-corrected chi connectivity index (χ2v) is 8.51. The third kappa shape index (κ3) is 31.9. The molecule has 0 radical (unpaired) electrons. The predicted molar refractivity (Wildman–Crippen MR) is 76.0 cm³/mol. The van der Waals surface area contributed by atoms with E-state index in [4.69, 9.17) is 5.11 Å². The normalized spacial score (nSPS) is 12.2. The Morgan fingerprint density at radius 1 is 0.947 bits per heavy atom. The molecule has 0 unspecified atom stereocenters. The summed E-state index contributed by atoms with van der Waals surface area (Å²) in [5.41, 5.74) is 0.430. The van der Waals surface area contributed by atoms with E-state index in [-0.39, 0.29) is 16.7 Å². The fourth-order valence-electron chi connectivity index (χ4n) is 0.835. The Labute approximate surface area is 118 Å². The van der Waals surface area contributed by atoms with Crippen LogP contribution in [0.15, 0.2) is 0 Å². The summed E-state index contributed by atoms with van der Waals surface area (Å²) in [5, 5.41) is 8.40. The van der Waals surface area contributed by atoms with Crippen molar-refractivity contribution in [3.63, 3.8) is 0 Å². The van der Waals surface area contributed by atoms with Gasteiger partial charge in [0.1, 0.15) is 0 Å². The molecule has 0 aliphatic carbocycles. The third-order valence-electron chi connectivity index (χ3n) is 2.01. The summed E-state index contributed by atoms with van der Waals surface area (Å²) in [5.74, 6) is 0. The predicted octanol–water partition coefficient (Wildman–Crippen LogP) is -0.182. The molecule has 0 amide bonds. The van der Waals surface area contributed by atoms with Gasteiger partial charge in [-0.05, 0) is 23.7 Å². The summed E-state index contributed by atoms with van der Waals surface area (Å²) in [6.45, 7) is 13.1. The van der Waals surface area contributed by atoms with Crippen LogP contribution < -0.4 is 4.70 Å². The van der Waals surface area contributed by atoms with Gasteiger partial charge in [-0.2, -0.15) is 8.42 Å². The number of aliphatic hydroxyl groups excluding tert-OH is 1. The lowest BCUT2D eigenvalue weighted by molar-refractivity contribution is -0.0000117. The van der Waals surface area contributed by atoms with Gasteiger partial charge in [-0.15, -0.1) is 0 Å². The fraction of sp³-hybridized carbons (Fsp3) is 1.00. The molecule has 0 saturated carbocycles. The van der Waals surface area contributed by atoms with E-state index in [1.54, 1.807) is 0 Å². The van der Waals surface area contributed by atoms with Gasteiger partial charge in [-0.1, -0.05) is 41.5 Å². The van der Waals surface area contributed by atoms with Crippen molar-refractivity contribution >= 4 is 10.1 Å². The van der Waals surface area contributed by atoms with E-state index in [2.05, 4.69) is 25.0 Å². The van der Waals surface area contributed by atoms with Gasteiger partial charge in [0.15, 0.2) is 0 Å². The van der Waals surface area contributed by atoms with Crippen molar-refractivity contribution in [2.45, 2.75) is 54.4 Å². The van der Waals surface area contributed by atoms with Crippen LogP contribution in [0.3, 0.4) is 0 Å². The zero-order chi connectivity index (χ0) is 15.0. The van der Waals surface area contributed by atoms with E-state index in [0.717, 1.165) is 19.1 Å². The van der Waals surface area contributed by atoms with Crippen LogP contribution in [0.25, 0.3) is 0 Å². The monoisotopic (exact) mass is 301 g/mol. The highest BCUT2D eigenvalue weighted by atomic mass is 32.2. The molecule has 0 bridgehead atoms. The van der Waals surface area contributed by atoms with Crippen molar-refractivity contribution in [3.05, 3.63) is 0 Å². The highest BCUT2D eigenvalue weighted by Crippen LogP contribution is 2.18. The van der Waals surface area contributed by atoms with Crippen molar-refractivity contribution in [3.8, 4) is 0 Å². The number of rotatable bonds is 4. The molecule has 0 spiro atoms. The van der Waals surface area contributed by atoms with Crippen molar-refractivity contribution in [1.29, 1.82) is 0 Å². The van der Waals surface area contributed by atoms with E-state index in [0.29, 0.717) is 12.0 Å². The summed E-state index contributed by atoms with van der Waals surface area (Å²) < 4.78 is 25.6. The molecule has 1 N–H and O–H groups in total. The molecule has 0 aromatic heterocycles. The average molecular weight is 301 g/mol. The van der Waals surface area contributed by atoms with E-state index < -0.39 is 10.1 Å². The van der Waals surface area contributed by atoms with Crippen molar-refractivity contribution in [2.24, 2.45) is 10.8 Å². The maximum absolute atomic E-state index is 10.5. The van der Waals surface area contributed by atoms with Gasteiger partial charge in [-0.25, -0.2) is 0 Å². The van der Waals surface area contributed by atoms with Gasteiger partial charge in [0.05, 0.1) is 12.9 Å². The van der Waals surface area contributed by atoms with Crippen LogP contribution in [0.1, 0.15) is 54.4 Å².